The first-order chi connectivity index (χ1) is 9.11. The topological polar surface area (TPSA) is 107 Å². The van der Waals surface area contributed by atoms with E-state index < -0.39 is 10.7 Å². The van der Waals surface area contributed by atoms with Crippen molar-refractivity contribution in [1.82, 2.24) is 9.97 Å². The highest BCUT2D eigenvalue weighted by atomic mass is 32.2. The number of halogens is 1. The molecular weight excluding hydrogens is 273 g/mol. The van der Waals surface area contributed by atoms with Gasteiger partial charge in [-0.3, -0.25) is 15.5 Å². The normalized spacial score (nSPS) is 10.2. The predicted molar refractivity (Wildman–Crippen MR) is 67.0 cm³/mol. The molecule has 1 heterocycles. The fraction of sp³-hybridized carbons (Fsp3) is 0. The lowest BCUT2D eigenvalue weighted by Gasteiger charge is -2.04. The Morgan fingerprint density at radius 3 is 2.79 bits per heavy atom. The molecular formula is C10H8FN5O2S. The molecule has 2 rings (SSSR count). The molecule has 98 valence electrons. The average Bonchev–Trinajstić information content (AvgIpc) is 2.41. The van der Waals surface area contributed by atoms with Crippen molar-refractivity contribution < 1.29 is 9.31 Å². The van der Waals surface area contributed by atoms with Crippen LogP contribution in [0, 0.1) is 15.9 Å². The third kappa shape index (κ3) is 2.95. The molecule has 0 saturated heterocycles. The van der Waals surface area contributed by atoms with E-state index in [1.54, 1.807) is 6.07 Å². The number of hydrogen-bond donors (Lipinski definition) is 2. The van der Waals surface area contributed by atoms with Crippen LogP contribution in [0.5, 0.6) is 0 Å². The van der Waals surface area contributed by atoms with Crippen molar-refractivity contribution in [2.45, 2.75) is 9.92 Å². The van der Waals surface area contributed by atoms with E-state index in [9.17, 15) is 14.5 Å². The zero-order valence-electron chi connectivity index (χ0n) is 9.41. The van der Waals surface area contributed by atoms with Gasteiger partial charge in [0.1, 0.15) is 12.0 Å². The van der Waals surface area contributed by atoms with Crippen molar-refractivity contribution in [2.75, 3.05) is 5.43 Å². The minimum atomic E-state index is -0.635. The number of aromatic nitrogens is 2. The van der Waals surface area contributed by atoms with Crippen LogP contribution in [-0.4, -0.2) is 14.9 Å². The summed E-state index contributed by atoms with van der Waals surface area (Å²) in [5.41, 5.74) is 1.87. The van der Waals surface area contributed by atoms with Crippen LogP contribution < -0.4 is 11.3 Å². The standard InChI is InChI=1S/C10H8FN5O2S/c11-6-3-1-2-4-8(6)19-9-7(16(17)18)5-13-10(14-9)15-12/h1-5H,12H2,(H,13,14,15). The van der Waals surface area contributed by atoms with Crippen LogP contribution >= 0.6 is 11.8 Å². The number of nitrogens with one attached hydrogen (secondary N) is 1. The first-order valence-corrected chi connectivity index (χ1v) is 5.84. The fourth-order valence-corrected chi connectivity index (χ4v) is 2.15. The van der Waals surface area contributed by atoms with Crippen LogP contribution in [0.3, 0.4) is 0 Å². The number of nitrogens with zero attached hydrogens (tertiary/aromatic N) is 3. The second kappa shape index (κ2) is 5.59. The summed E-state index contributed by atoms with van der Waals surface area (Å²) in [5.74, 6) is 4.67. The summed E-state index contributed by atoms with van der Waals surface area (Å²) in [6.45, 7) is 0. The third-order valence-electron chi connectivity index (χ3n) is 2.10. The zero-order valence-corrected chi connectivity index (χ0v) is 10.2. The van der Waals surface area contributed by atoms with Crippen molar-refractivity contribution in [3.8, 4) is 0 Å². The molecule has 0 saturated carbocycles. The van der Waals surface area contributed by atoms with E-state index in [2.05, 4.69) is 15.4 Å². The smallest absolute Gasteiger partial charge is 0.292 e. The molecule has 1 aromatic heterocycles. The molecule has 0 aliphatic heterocycles. The van der Waals surface area contributed by atoms with Crippen LogP contribution in [0.2, 0.25) is 0 Å². The zero-order chi connectivity index (χ0) is 13.8. The highest BCUT2D eigenvalue weighted by Crippen LogP contribution is 2.34. The van der Waals surface area contributed by atoms with Gasteiger partial charge in [0.25, 0.3) is 0 Å². The van der Waals surface area contributed by atoms with Crippen molar-refractivity contribution in [2.24, 2.45) is 5.84 Å². The van der Waals surface area contributed by atoms with E-state index in [1.165, 1.54) is 18.2 Å². The van der Waals surface area contributed by atoms with Gasteiger partial charge in [-0.2, -0.15) is 4.98 Å². The quantitative estimate of drug-likeness (QED) is 0.382. The highest BCUT2D eigenvalue weighted by molar-refractivity contribution is 7.99. The third-order valence-corrected chi connectivity index (χ3v) is 3.15. The number of anilines is 1. The molecule has 0 atom stereocenters. The number of benzene rings is 1. The van der Waals surface area contributed by atoms with E-state index in [-0.39, 0.29) is 21.6 Å². The highest BCUT2D eigenvalue weighted by Gasteiger charge is 2.19. The molecule has 9 heteroatoms. The second-order valence-corrected chi connectivity index (χ2v) is 4.35. The molecule has 0 fully saturated rings. The lowest BCUT2D eigenvalue weighted by Crippen LogP contribution is -2.11. The maximum Gasteiger partial charge on any atom is 0.320 e. The van der Waals surface area contributed by atoms with Crippen molar-refractivity contribution in [3.63, 3.8) is 0 Å². The maximum atomic E-state index is 13.5. The second-order valence-electron chi connectivity index (χ2n) is 3.32. The van der Waals surface area contributed by atoms with Crippen LogP contribution in [-0.2, 0) is 0 Å². The number of rotatable bonds is 4. The number of nitrogen functional groups attached to an aromatic ring is 1. The lowest BCUT2D eigenvalue weighted by molar-refractivity contribution is -0.388. The first kappa shape index (κ1) is 13.2. The van der Waals surface area contributed by atoms with Crippen LogP contribution in [0.25, 0.3) is 0 Å². The van der Waals surface area contributed by atoms with Gasteiger partial charge in [-0.1, -0.05) is 23.9 Å². The molecule has 0 radical (unpaired) electrons. The lowest BCUT2D eigenvalue weighted by atomic mass is 10.3. The van der Waals surface area contributed by atoms with E-state index in [0.717, 1.165) is 18.0 Å². The summed E-state index contributed by atoms with van der Waals surface area (Å²) in [5, 5.41) is 10.9. The Morgan fingerprint density at radius 1 is 1.42 bits per heavy atom. The molecule has 0 aliphatic rings. The van der Waals surface area contributed by atoms with Crippen LogP contribution in [0.1, 0.15) is 0 Å². The summed E-state index contributed by atoms with van der Waals surface area (Å²) in [4.78, 5) is 18.0. The summed E-state index contributed by atoms with van der Waals surface area (Å²) in [7, 11) is 0. The van der Waals surface area contributed by atoms with E-state index >= 15 is 0 Å². The monoisotopic (exact) mass is 281 g/mol. The Kier molecular flexibility index (Phi) is 3.88. The SMILES string of the molecule is NNc1ncc([N+](=O)[O-])c(Sc2ccccc2F)n1. The minimum absolute atomic E-state index is 0.0121. The van der Waals surface area contributed by atoms with Crippen LogP contribution in [0.4, 0.5) is 16.0 Å². The summed E-state index contributed by atoms with van der Waals surface area (Å²) >= 11 is 0.835. The number of nitrogens with two attached hydrogens (primary N) is 1. The molecule has 0 amide bonds. The molecule has 19 heavy (non-hydrogen) atoms. The molecule has 0 bridgehead atoms. The van der Waals surface area contributed by atoms with E-state index in [1.807, 2.05) is 0 Å². The Hall–Kier alpha value is -2.26. The Morgan fingerprint density at radius 2 is 2.16 bits per heavy atom. The summed E-state index contributed by atoms with van der Waals surface area (Å²) < 4.78 is 13.5. The molecule has 3 N–H and O–H groups in total. The maximum absolute atomic E-state index is 13.5. The van der Waals surface area contributed by atoms with Crippen molar-refractivity contribution in [1.29, 1.82) is 0 Å². The Bertz CT molecular complexity index is 625. The molecule has 0 spiro atoms. The number of hydrogen-bond acceptors (Lipinski definition) is 7. The van der Waals surface area contributed by atoms with Crippen LogP contribution in [0.15, 0.2) is 40.4 Å². The van der Waals surface area contributed by atoms with Gasteiger partial charge in [0, 0.05) is 4.90 Å². The predicted octanol–water partition coefficient (Wildman–Crippen LogP) is 1.96. The molecule has 2 aromatic rings. The van der Waals surface area contributed by atoms with Crippen molar-refractivity contribution in [3.05, 3.63) is 46.4 Å². The van der Waals surface area contributed by atoms with E-state index in [4.69, 9.17) is 5.84 Å². The van der Waals surface area contributed by atoms with E-state index in [0.29, 0.717) is 0 Å². The van der Waals surface area contributed by atoms with Gasteiger partial charge in [0.05, 0.1) is 4.92 Å². The molecule has 7 nitrogen and oxygen atoms in total. The molecule has 0 aliphatic carbocycles. The average molecular weight is 281 g/mol. The van der Waals surface area contributed by atoms with Crippen molar-refractivity contribution >= 4 is 23.4 Å². The number of hydrazine groups is 1. The summed E-state index contributed by atoms with van der Waals surface area (Å²) in [6.07, 6.45) is 1.02. The first-order valence-electron chi connectivity index (χ1n) is 5.02. The molecule has 0 unspecified atom stereocenters. The van der Waals surface area contributed by atoms with Gasteiger partial charge in [-0.25, -0.2) is 15.2 Å². The largest absolute Gasteiger partial charge is 0.320 e. The van der Waals surface area contributed by atoms with Gasteiger partial charge in [0.15, 0.2) is 5.03 Å². The van der Waals surface area contributed by atoms with Gasteiger partial charge < -0.3 is 0 Å². The Labute approximate surface area is 111 Å². The summed E-state index contributed by atoms with van der Waals surface area (Å²) in [6, 6.07) is 5.92. The Balaban J connectivity index is 2.43. The number of nitro groups is 1. The minimum Gasteiger partial charge on any atom is -0.292 e. The van der Waals surface area contributed by atoms with Gasteiger partial charge in [0.2, 0.25) is 5.95 Å². The van der Waals surface area contributed by atoms with Gasteiger partial charge >= 0.3 is 5.69 Å². The fourth-order valence-electron chi connectivity index (χ4n) is 1.26. The van der Waals surface area contributed by atoms with Gasteiger partial charge in [-0.05, 0) is 12.1 Å². The van der Waals surface area contributed by atoms with Gasteiger partial charge in [-0.15, -0.1) is 0 Å². The molecule has 1 aromatic carbocycles.